The van der Waals surface area contributed by atoms with E-state index < -0.39 is 11.7 Å². The first kappa shape index (κ1) is 13.0. The third-order valence-electron chi connectivity index (χ3n) is 2.28. The molecular weight excluding hydrogens is 250 g/mol. The number of ether oxygens (including phenoxy) is 1. The summed E-state index contributed by atoms with van der Waals surface area (Å²) >= 11 is 1.44. The normalized spacial score (nSPS) is 15.3. The lowest BCUT2D eigenvalue weighted by atomic mass is 10.2. The number of amides is 2. The average Bonchev–Trinajstić information content (AvgIpc) is 2.26. The summed E-state index contributed by atoms with van der Waals surface area (Å²) in [7, 11) is 0. The van der Waals surface area contributed by atoms with Crippen molar-refractivity contribution < 1.29 is 14.3 Å². The molecule has 0 radical (unpaired) electrons. The Morgan fingerprint density at radius 1 is 1.33 bits per heavy atom. The number of carbonyl (C=O) groups is 2. The molecule has 0 unspecified atom stereocenters. The summed E-state index contributed by atoms with van der Waals surface area (Å²) < 4.78 is 5.26. The number of para-hydroxylation sites is 1. The number of nitrogens with zero attached hydrogens (tertiary/aromatic N) is 1. The smallest absolute Gasteiger partial charge is 0.421 e. The highest BCUT2D eigenvalue weighted by atomic mass is 32.2. The van der Waals surface area contributed by atoms with Crippen LogP contribution in [0.2, 0.25) is 0 Å². The number of rotatable bonds is 0. The summed E-state index contributed by atoms with van der Waals surface area (Å²) in [5.74, 6) is 0.0175. The highest BCUT2D eigenvalue weighted by Crippen LogP contribution is 2.35. The fourth-order valence-corrected chi connectivity index (χ4v) is 2.50. The molecule has 1 aliphatic rings. The number of benzene rings is 1. The number of imide groups is 1. The predicted molar refractivity (Wildman–Crippen MR) is 70.9 cm³/mol. The molecule has 0 saturated carbocycles. The molecule has 2 rings (SSSR count). The van der Waals surface area contributed by atoms with Crippen molar-refractivity contribution in [1.82, 2.24) is 0 Å². The zero-order valence-corrected chi connectivity index (χ0v) is 11.4. The van der Waals surface area contributed by atoms with Crippen LogP contribution in [0.15, 0.2) is 29.2 Å². The second kappa shape index (κ2) is 4.65. The van der Waals surface area contributed by atoms with Crippen molar-refractivity contribution in [3.05, 3.63) is 24.3 Å². The summed E-state index contributed by atoms with van der Waals surface area (Å²) in [5, 5.41) is 0. The third-order valence-corrected chi connectivity index (χ3v) is 3.33. The van der Waals surface area contributed by atoms with E-state index in [1.807, 2.05) is 12.1 Å². The molecule has 96 valence electrons. The van der Waals surface area contributed by atoms with Gasteiger partial charge in [0.25, 0.3) is 0 Å². The van der Waals surface area contributed by atoms with Crippen LogP contribution in [0, 0.1) is 0 Å². The number of hydrogen-bond acceptors (Lipinski definition) is 4. The predicted octanol–water partition coefficient (Wildman–Crippen LogP) is 3.06. The molecular formula is C13H15NO3S. The highest BCUT2D eigenvalue weighted by molar-refractivity contribution is 8.00. The molecule has 1 heterocycles. The fourth-order valence-electron chi connectivity index (χ4n) is 1.61. The monoisotopic (exact) mass is 265 g/mol. The highest BCUT2D eigenvalue weighted by Gasteiger charge is 2.33. The van der Waals surface area contributed by atoms with Crippen LogP contribution in [0.25, 0.3) is 0 Å². The topological polar surface area (TPSA) is 46.6 Å². The Balaban J connectivity index is 2.32. The van der Waals surface area contributed by atoms with Gasteiger partial charge >= 0.3 is 6.09 Å². The number of hydrogen-bond donors (Lipinski definition) is 0. The van der Waals surface area contributed by atoms with Gasteiger partial charge in [-0.15, -0.1) is 11.8 Å². The lowest BCUT2D eigenvalue weighted by molar-refractivity contribution is -0.116. The Kier molecular flexibility index (Phi) is 3.34. The zero-order chi connectivity index (χ0) is 13.3. The summed E-state index contributed by atoms with van der Waals surface area (Å²) in [4.78, 5) is 26.0. The Hall–Kier alpha value is -1.49. The van der Waals surface area contributed by atoms with Gasteiger partial charge in [0.2, 0.25) is 5.91 Å². The van der Waals surface area contributed by atoms with E-state index in [9.17, 15) is 9.59 Å². The molecule has 0 aliphatic carbocycles. The molecule has 1 aromatic carbocycles. The van der Waals surface area contributed by atoms with E-state index in [0.717, 1.165) is 9.80 Å². The maximum absolute atomic E-state index is 12.1. The van der Waals surface area contributed by atoms with Crippen LogP contribution in [0.1, 0.15) is 20.8 Å². The van der Waals surface area contributed by atoms with Gasteiger partial charge in [-0.25, -0.2) is 9.69 Å². The van der Waals surface area contributed by atoms with Gasteiger partial charge in [0.1, 0.15) is 5.60 Å². The van der Waals surface area contributed by atoms with Crippen molar-refractivity contribution in [3.63, 3.8) is 0 Å². The molecule has 4 nitrogen and oxygen atoms in total. The molecule has 0 fully saturated rings. The molecule has 0 spiro atoms. The minimum Gasteiger partial charge on any atom is -0.443 e. The lowest BCUT2D eigenvalue weighted by Crippen LogP contribution is -2.43. The third kappa shape index (κ3) is 2.67. The number of anilines is 1. The number of fused-ring (bicyclic) bond motifs is 1. The minimum atomic E-state index is -0.614. The summed E-state index contributed by atoms with van der Waals surface area (Å²) in [6.45, 7) is 5.33. The van der Waals surface area contributed by atoms with Gasteiger partial charge in [0.05, 0.1) is 11.4 Å². The Bertz CT molecular complexity index is 493. The molecule has 18 heavy (non-hydrogen) atoms. The van der Waals surface area contributed by atoms with Gasteiger partial charge in [-0.1, -0.05) is 12.1 Å². The molecule has 0 saturated heterocycles. The van der Waals surface area contributed by atoms with Crippen LogP contribution in [-0.2, 0) is 9.53 Å². The van der Waals surface area contributed by atoms with Gasteiger partial charge in [-0.2, -0.15) is 0 Å². The average molecular weight is 265 g/mol. The van der Waals surface area contributed by atoms with E-state index in [1.165, 1.54) is 11.8 Å². The van der Waals surface area contributed by atoms with E-state index in [4.69, 9.17) is 4.74 Å². The van der Waals surface area contributed by atoms with E-state index in [2.05, 4.69) is 0 Å². The maximum atomic E-state index is 12.1. The Morgan fingerprint density at radius 2 is 2.00 bits per heavy atom. The van der Waals surface area contributed by atoms with Crippen molar-refractivity contribution in [2.24, 2.45) is 0 Å². The minimum absolute atomic E-state index is 0.243. The molecule has 1 aromatic rings. The van der Waals surface area contributed by atoms with Crippen LogP contribution < -0.4 is 4.90 Å². The lowest BCUT2D eigenvalue weighted by Gasteiger charge is -2.29. The van der Waals surface area contributed by atoms with E-state index in [1.54, 1.807) is 32.9 Å². The molecule has 0 bridgehead atoms. The fraction of sp³-hybridized carbons (Fsp3) is 0.385. The Morgan fingerprint density at radius 3 is 2.67 bits per heavy atom. The van der Waals surface area contributed by atoms with Crippen molar-refractivity contribution in [2.45, 2.75) is 31.3 Å². The SMILES string of the molecule is CC(C)(C)OC(=O)N1C(=O)CSc2ccccc21. The summed E-state index contributed by atoms with van der Waals surface area (Å²) in [6.07, 6.45) is -0.611. The number of thioether (sulfide) groups is 1. The molecule has 1 aliphatic heterocycles. The first-order valence-electron chi connectivity index (χ1n) is 5.66. The molecule has 0 aromatic heterocycles. The van der Waals surface area contributed by atoms with Crippen LogP contribution in [0.4, 0.5) is 10.5 Å². The van der Waals surface area contributed by atoms with Crippen LogP contribution in [0.3, 0.4) is 0 Å². The zero-order valence-electron chi connectivity index (χ0n) is 10.6. The summed E-state index contributed by atoms with van der Waals surface area (Å²) in [6, 6.07) is 7.33. The number of carbonyl (C=O) groups excluding carboxylic acids is 2. The second-order valence-corrected chi connectivity index (χ2v) is 5.98. The summed E-state index contributed by atoms with van der Waals surface area (Å²) in [5.41, 5.74) is -0.00956. The first-order valence-corrected chi connectivity index (χ1v) is 6.65. The standard InChI is InChI=1S/C13H15NO3S/c1-13(2,3)17-12(16)14-9-6-4-5-7-10(9)18-8-11(14)15/h4-7H,8H2,1-3H3. The van der Waals surface area contributed by atoms with Crippen molar-refractivity contribution in [2.75, 3.05) is 10.7 Å². The van der Waals surface area contributed by atoms with E-state index in [0.29, 0.717) is 5.69 Å². The Labute approximate surface area is 110 Å². The largest absolute Gasteiger partial charge is 0.443 e. The van der Waals surface area contributed by atoms with Crippen LogP contribution in [-0.4, -0.2) is 23.4 Å². The van der Waals surface area contributed by atoms with Gasteiger partial charge in [-0.05, 0) is 32.9 Å². The first-order chi connectivity index (χ1) is 8.38. The van der Waals surface area contributed by atoms with E-state index >= 15 is 0 Å². The second-order valence-electron chi connectivity index (χ2n) is 4.97. The van der Waals surface area contributed by atoms with Gasteiger partial charge in [-0.3, -0.25) is 4.79 Å². The van der Waals surface area contributed by atoms with Crippen LogP contribution >= 0.6 is 11.8 Å². The maximum Gasteiger partial charge on any atom is 0.421 e. The van der Waals surface area contributed by atoms with Gasteiger partial charge in [0.15, 0.2) is 0 Å². The van der Waals surface area contributed by atoms with Crippen LogP contribution in [0.5, 0.6) is 0 Å². The molecule has 0 N–H and O–H groups in total. The van der Waals surface area contributed by atoms with Crippen molar-refractivity contribution >= 4 is 29.4 Å². The molecule has 0 atom stereocenters. The quantitative estimate of drug-likeness (QED) is 0.723. The molecule has 2 amide bonds. The van der Waals surface area contributed by atoms with Crippen molar-refractivity contribution in [1.29, 1.82) is 0 Å². The van der Waals surface area contributed by atoms with Gasteiger partial charge in [0, 0.05) is 4.90 Å². The van der Waals surface area contributed by atoms with Crippen molar-refractivity contribution in [3.8, 4) is 0 Å². The van der Waals surface area contributed by atoms with E-state index in [-0.39, 0.29) is 11.7 Å². The van der Waals surface area contributed by atoms with Gasteiger partial charge < -0.3 is 4.74 Å². The molecule has 5 heteroatoms.